The Labute approximate surface area is 118 Å². The Hall–Kier alpha value is -2.62. The van der Waals surface area contributed by atoms with Gasteiger partial charge in [0.05, 0.1) is 10.5 Å². The van der Waals surface area contributed by atoms with Gasteiger partial charge in [0.15, 0.2) is 0 Å². The summed E-state index contributed by atoms with van der Waals surface area (Å²) >= 11 is 0. The predicted octanol–water partition coefficient (Wildman–Crippen LogP) is 3.35. The van der Waals surface area contributed by atoms with Crippen molar-refractivity contribution in [2.24, 2.45) is 0 Å². The summed E-state index contributed by atoms with van der Waals surface area (Å²) in [6.07, 6.45) is 0. The number of hydrogen-bond acceptors (Lipinski definition) is 3. The molecular formula is C16H16N2O2. The van der Waals surface area contributed by atoms with Gasteiger partial charge in [0.1, 0.15) is 5.70 Å². The van der Waals surface area contributed by atoms with Crippen molar-refractivity contribution in [3.63, 3.8) is 0 Å². The lowest BCUT2D eigenvalue weighted by atomic mass is 10.0. The summed E-state index contributed by atoms with van der Waals surface area (Å²) in [6, 6.07) is 18.4. The summed E-state index contributed by atoms with van der Waals surface area (Å²) in [5, 5.41) is 11.5. The van der Waals surface area contributed by atoms with E-state index in [1.807, 2.05) is 50.5 Å². The first-order valence-corrected chi connectivity index (χ1v) is 6.28. The van der Waals surface area contributed by atoms with E-state index in [0.29, 0.717) is 11.3 Å². The van der Waals surface area contributed by atoms with Crippen molar-refractivity contribution in [2.75, 3.05) is 14.1 Å². The highest BCUT2D eigenvalue weighted by Gasteiger charge is 2.23. The number of nitrogens with zero attached hydrogens (tertiary/aromatic N) is 2. The normalized spacial score (nSPS) is 11.7. The van der Waals surface area contributed by atoms with Crippen molar-refractivity contribution in [2.45, 2.75) is 0 Å². The second-order valence-electron chi connectivity index (χ2n) is 4.58. The molecule has 0 atom stereocenters. The van der Waals surface area contributed by atoms with Crippen molar-refractivity contribution in [1.82, 2.24) is 4.90 Å². The molecule has 0 amide bonds. The van der Waals surface area contributed by atoms with Crippen LogP contribution in [0.25, 0.3) is 11.4 Å². The number of benzene rings is 2. The topological polar surface area (TPSA) is 46.4 Å². The van der Waals surface area contributed by atoms with Gasteiger partial charge < -0.3 is 4.90 Å². The zero-order valence-corrected chi connectivity index (χ0v) is 11.5. The molecule has 2 aromatic carbocycles. The first-order chi connectivity index (χ1) is 9.61. The molecule has 0 aromatic heterocycles. The van der Waals surface area contributed by atoms with Crippen molar-refractivity contribution in [3.05, 3.63) is 81.9 Å². The van der Waals surface area contributed by atoms with Gasteiger partial charge in [-0.3, -0.25) is 10.1 Å². The minimum Gasteiger partial charge on any atom is -0.372 e. The van der Waals surface area contributed by atoms with Gasteiger partial charge in [0, 0.05) is 19.7 Å². The van der Waals surface area contributed by atoms with Crippen LogP contribution >= 0.6 is 0 Å². The molecule has 2 aromatic rings. The van der Waals surface area contributed by atoms with Gasteiger partial charge in [0.2, 0.25) is 0 Å². The summed E-state index contributed by atoms with van der Waals surface area (Å²) in [7, 11) is 3.63. The molecule has 0 unspecified atom stereocenters. The molecule has 0 aliphatic carbocycles. The third kappa shape index (κ3) is 2.85. The summed E-state index contributed by atoms with van der Waals surface area (Å²) in [5.74, 6) is 0. The molecule has 20 heavy (non-hydrogen) atoms. The van der Waals surface area contributed by atoms with E-state index in [1.165, 1.54) is 0 Å². The van der Waals surface area contributed by atoms with Gasteiger partial charge in [-0.05, 0) is 12.1 Å². The maximum Gasteiger partial charge on any atom is 0.300 e. The van der Waals surface area contributed by atoms with E-state index in [-0.39, 0.29) is 10.6 Å². The van der Waals surface area contributed by atoms with Crippen LogP contribution in [0, 0.1) is 10.1 Å². The summed E-state index contributed by atoms with van der Waals surface area (Å²) in [5.41, 5.74) is 2.14. The molecule has 0 fully saturated rings. The lowest BCUT2D eigenvalue weighted by Gasteiger charge is -2.18. The molecule has 0 aliphatic rings. The molecule has 2 rings (SSSR count). The SMILES string of the molecule is CN(C)C(=C(c1ccccc1)[N+](=O)[O-])c1ccccc1. The highest BCUT2D eigenvalue weighted by Crippen LogP contribution is 2.28. The molecular weight excluding hydrogens is 252 g/mol. The molecule has 0 aliphatic heterocycles. The Morgan fingerprint density at radius 2 is 1.35 bits per heavy atom. The van der Waals surface area contributed by atoms with Crippen molar-refractivity contribution >= 4 is 11.4 Å². The van der Waals surface area contributed by atoms with E-state index in [9.17, 15) is 10.1 Å². The highest BCUT2D eigenvalue weighted by atomic mass is 16.6. The molecule has 0 radical (unpaired) electrons. The van der Waals surface area contributed by atoms with E-state index in [0.717, 1.165) is 5.56 Å². The van der Waals surface area contributed by atoms with Gasteiger partial charge in [0.25, 0.3) is 5.70 Å². The van der Waals surface area contributed by atoms with Crippen LogP contribution in [-0.2, 0) is 0 Å². The predicted molar refractivity (Wildman–Crippen MR) is 80.4 cm³/mol. The molecule has 4 heteroatoms. The Bertz CT molecular complexity index is 619. The monoisotopic (exact) mass is 268 g/mol. The first kappa shape index (κ1) is 13.8. The Balaban J connectivity index is 2.71. The fourth-order valence-corrected chi connectivity index (χ4v) is 2.13. The van der Waals surface area contributed by atoms with E-state index < -0.39 is 0 Å². The quantitative estimate of drug-likeness (QED) is 0.485. The Morgan fingerprint density at radius 1 is 0.900 bits per heavy atom. The molecule has 0 heterocycles. The molecule has 0 saturated heterocycles. The van der Waals surface area contributed by atoms with Gasteiger partial charge in [-0.25, -0.2) is 0 Å². The number of hydrogen-bond donors (Lipinski definition) is 0. The fourth-order valence-electron chi connectivity index (χ4n) is 2.13. The largest absolute Gasteiger partial charge is 0.372 e. The average Bonchev–Trinajstić information content (AvgIpc) is 2.45. The molecule has 4 nitrogen and oxygen atoms in total. The summed E-state index contributed by atoms with van der Waals surface area (Å²) in [4.78, 5) is 13.0. The zero-order chi connectivity index (χ0) is 14.5. The highest BCUT2D eigenvalue weighted by molar-refractivity contribution is 5.85. The molecule has 0 bridgehead atoms. The first-order valence-electron chi connectivity index (χ1n) is 6.28. The van der Waals surface area contributed by atoms with Crippen molar-refractivity contribution < 1.29 is 4.92 Å². The van der Waals surface area contributed by atoms with Gasteiger partial charge in [-0.2, -0.15) is 0 Å². The standard InChI is InChI=1S/C16H16N2O2/c1-17(2)15(13-9-5-3-6-10-13)16(18(19)20)14-11-7-4-8-12-14/h3-12H,1-2H3. The van der Waals surface area contributed by atoms with Gasteiger partial charge >= 0.3 is 0 Å². The van der Waals surface area contributed by atoms with Gasteiger partial charge in [-0.15, -0.1) is 0 Å². The lowest BCUT2D eigenvalue weighted by molar-refractivity contribution is -0.375. The average molecular weight is 268 g/mol. The van der Waals surface area contributed by atoms with Crippen LogP contribution in [0.2, 0.25) is 0 Å². The molecule has 0 N–H and O–H groups in total. The van der Waals surface area contributed by atoms with Crippen LogP contribution in [0.1, 0.15) is 11.1 Å². The zero-order valence-electron chi connectivity index (χ0n) is 11.5. The summed E-state index contributed by atoms with van der Waals surface area (Å²) in [6.45, 7) is 0. The van der Waals surface area contributed by atoms with Crippen LogP contribution in [-0.4, -0.2) is 23.9 Å². The molecule has 0 spiro atoms. The van der Waals surface area contributed by atoms with Crippen molar-refractivity contribution in [3.8, 4) is 0 Å². The van der Waals surface area contributed by atoms with Crippen molar-refractivity contribution in [1.29, 1.82) is 0 Å². The van der Waals surface area contributed by atoms with Crippen LogP contribution in [0.5, 0.6) is 0 Å². The third-order valence-corrected chi connectivity index (χ3v) is 2.95. The van der Waals surface area contributed by atoms with E-state index in [1.54, 1.807) is 29.2 Å². The minimum absolute atomic E-state index is 0.113. The molecule has 102 valence electrons. The smallest absolute Gasteiger partial charge is 0.300 e. The Kier molecular flexibility index (Phi) is 4.15. The second kappa shape index (κ2) is 6.02. The maximum atomic E-state index is 11.5. The Morgan fingerprint density at radius 3 is 1.75 bits per heavy atom. The van der Waals surface area contributed by atoms with E-state index in [2.05, 4.69) is 0 Å². The lowest BCUT2D eigenvalue weighted by Crippen LogP contribution is -2.15. The van der Waals surface area contributed by atoms with Crippen LogP contribution in [0.15, 0.2) is 60.7 Å². The number of nitro groups is 1. The van der Waals surface area contributed by atoms with E-state index in [4.69, 9.17) is 0 Å². The number of rotatable bonds is 4. The molecule has 0 saturated carbocycles. The second-order valence-corrected chi connectivity index (χ2v) is 4.58. The summed E-state index contributed by atoms with van der Waals surface area (Å²) < 4.78 is 0. The van der Waals surface area contributed by atoms with Crippen LogP contribution in [0.4, 0.5) is 0 Å². The van der Waals surface area contributed by atoms with Crippen LogP contribution in [0.3, 0.4) is 0 Å². The third-order valence-electron chi connectivity index (χ3n) is 2.95. The maximum absolute atomic E-state index is 11.5. The minimum atomic E-state index is -0.322. The van der Waals surface area contributed by atoms with Crippen LogP contribution < -0.4 is 0 Å². The fraction of sp³-hybridized carbons (Fsp3) is 0.125. The van der Waals surface area contributed by atoms with Gasteiger partial charge in [-0.1, -0.05) is 48.5 Å². The van der Waals surface area contributed by atoms with E-state index >= 15 is 0 Å².